The molecular formula is C13H23NO5S. The Labute approximate surface area is 120 Å². The van der Waals surface area contributed by atoms with Gasteiger partial charge in [0.2, 0.25) is 5.91 Å². The van der Waals surface area contributed by atoms with E-state index < -0.39 is 27.3 Å². The Morgan fingerprint density at radius 1 is 1.40 bits per heavy atom. The molecule has 0 saturated carbocycles. The van der Waals surface area contributed by atoms with Gasteiger partial charge < -0.3 is 10.0 Å². The molecular weight excluding hydrogens is 282 g/mol. The Balaban J connectivity index is 2.84. The second-order valence-corrected chi connectivity index (χ2v) is 8.33. The van der Waals surface area contributed by atoms with Crippen molar-refractivity contribution in [1.29, 1.82) is 0 Å². The van der Waals surface area contributed by atoms with Crippen LogP contribution >= 0.6 is 0 Å². The summed E-state index contributed by atoms with van der Waals surface area (Å²) >= 11 is 0. The molecule has 0 aromatic rings. The van der Waals surface area contributed by atoms with Gasteiger partial charge in [-0.25, -0.2) is 8.42 Å². The fourth-order valence-electron chi connectivity index (χ4n) is 2.31. The van der Waals surface area contributed by atoms with E-state index in [2.05, 4.69) is 0 Å². The van der Waals surface area contributed by atoms with E-state index >= 15 is 0 Å². The van der Waals surface area contributed by atoms with Crippen LogP contribution < -0.4 is 0 Å². The zero-order chi connectivity index (χ0) is 15.7. The van der Waals surface area contributed by atoms with Crippen LogP contribution in [0.2, 0.25) is 0 Å². The van der Waals surface area contributed by atoms with Gasteiger partial charge in [0.1, 0.15) is 0 Å². The number of rotatable bonds is 4. The summed E-state index contributed by atoms with van der Waals surface area (Å²) in [6.45, 7) is 6.93. The number of amides is 1. The molecule has 1 aliphatic heterocycles. The van der Waals surface area contributed by atoms with E-state index in [0.717, 1.165) is 0 Å². The van der Waals surface area contributed by atoms with Crippen molar-refractivity contribution in [2.75, 3.05) is 18.1 Å². The molecule has 1 fully saturated rings. The van der Waals surface area contributed by atoms with E-state index in [-0.39, 0.29) is 36.3 Å². The van der Waals surface area contributed by atoms with Crippen molar-refractivity contribution in [2.24, 2.45) is 11.3 Å². The van der Waals surface area contributed by atoms with Crippen LogP contribution in [0.3, 0.4) is 0 Å². The summed E-state index contributed by atoms with van der Waals surface area (Å²) in [6.07, 6.45) is -0.107. The molecule has 7 heteroatoms. The Hall–Kier alpha value is -1.11. The first-order chi connectivity index (χ1) is 8.99. The minimum absolute atomic E-state index is 0.0471. The van der Waals surface area contributed by atoms with Crippen LogP contribution in [0.25, 0.3) is 0 Å². The molecule has 0 aromatic carbocycles. The van der Waals surface area contributed by atoms with Gasteiger partial charge in [-0.3, -0.25) is 9.59 Å². The smallest absolute Gasteiger partial charge is 0.310 e. The minimum atomic E-state index is -3.08. The third kappa shape index (κ3) is 3.50. The van der Waals surface area contributed by atoms with Crippen LogP contribution in [0, 0.1) is 11.3 Å². The van der Waals surface area contributed by atoms with Crippen molar-refractivity contribution < 1.29 is 23.1 Å². The van der Waals surface area contributed by atoms with E-state index in [9.17, 15) is 23.1 Å². The quantitative estimate of drug-likeness (QED) is 0.828. The van der Waals surface area contributed by atoms with Gasteiger partial charge in [0, 0.05) is 19.0 Å². The molecule has 1 N–H and O–H groups in total. The van der Waals surface area contributed by atoms with Crippen molar-refractivity contribution in [1.82, 2.24) is 4.90 Å². The average molecular weight is 305 g/mol. The number of carboxylic acid groups (broad SMARTS) is 1. The van der Waals surface area contributed by atoms with E-state index in [0.29, 0.717) is 0 Å². The molecule has 0 aromatic heterocycles. The highest BCUT2D eigenvalue weighted by Gasteiger charge is 2.41. The molecule has 20 heavy (non-hydrogen) atoms. The Kier molecular flexibility index (Phi) is 4.84. The average Bonchev–Trinajstić information content (AvgIpc) is 2.26. The maximum absolute atomic E-state index is 12.3. The summed E-state index contributed by atoms with van der Waals surface area (Å²) in [5.41, 5.74) is -1.13. The second kappa shape index (κ2) is 5.71. The summed E-state index contributed by atoms with van der Waals surface area (Å²) in [4.78, 5) is 25.2. The summed E-state index contributed by atoms with van der Waals surface area (Å²) in [7, 11) is -3.08. The predicted octanol–water partition coefficient (Wildman–Crippen LogP) is 0.769. The van der Waals surface area contributed by atoms with Crippen LogP contribution in [0.5, 0.6) is 0 Å². The number of carbonyl (C=O) groups excluding carboxylic acids is 1. The first kappa shape index (κ1) is 16.9. The summed E-state index contributed by atoms with van der Waals surface area (Å²) in [5, 5.41) is 9.33. The Morgan fingerprint density at radius 3 is 2.35 bits per heavy atom. The molecule has 0 aliphatic carbocycles. The normalized spacial score (nSPS) is 25.2. The fraction of sp³-hybridized carbons (Fsp3) is 0.846. The van der Waals surface area contributed by atoms with E-state index in [1.165, 1.54) is 4.90 Å². The molecule has 0 radical (unpaired) electrons. The summed E-state index contributed by atoms with van der Waals surface area (Å²) < 4.78 is 23.0. The molecule has 1 aliphatic rings. The highest BCUT2D eigenvalue weighted by molar-refractivity contribution is 7.91. The lowest BCUT2D eigenvalue weighted by Crippen LogP contribution is -2.51. The summed E-state index contributed by atoms with van der Waals surface area (Å²) in [6, 6.07) is -0.397. The van der Waals surface area contributed by atoms with Crippen LogP contribution in [0.15, 0.2) is 0 Å². The zero-order valence-electron chi connectivity index (χ0n) is 12.4. The van der Waals surface area contributed by atoms with E-state index in [4.69, 9.17) is 0 Å². The first-order valence-electron chi connectivity index (χ1n) is 6.73. The second-order valence-electron chi connectivity index (χ2n) is 6.10. The van der Waals surface area contributed by atoms with Crippen molar-refractivity contribution in [3.63, 3.8) is 0 Å². The molecule has 1 amide bonds. The molecule has 116 valence electrons. The number of hydrogen-bond acceptors (Lipinski definition) is 4. The van der Waals surface area contributed by atoms with Gasteiger partial charge >= 0.3 is 5.97 Å². The summed E-state index contributed by atoms with van der Waals surface area (Å²) in [5.74, 6) is -1.57. The van der Waals surface area contributed by atoms with Gasteiger partial charge in [-0.1, -0.05) is 13.8 Å². The third-order valence-corrected chi connectivity index (χ3v) is 6.07. The van der Waals surface area contributed by atoms with Crippen molar-refractivity contribution in [3.8, 4) is 0 Å². The number of hydrogen-bond donors (Lipinski definition) is 1. The van der Waals surface area contributed by atoms with Crippen molar-refractivity contribution in [2.45, 2.75) is 40.2 Å². The minimum Gasteiger partial charge on any atom is -0.481 e. The lowest BCUT2D eigenvalue weighted by Gasteiger charge is -2.36. The third-order valence-electron chi connectivity index (χ3n) is 4.27. The van der Waals surface area contributed by atoms with Gasteiger partial charge in [-0.05, 0) is 19.8 Å². The molecule has 1 heterocycles. The predicted molar refractivity (Wildman–Crippen MR) is 75.0 cm³/mol. The van der Waals surface area contributed by atoms with Crippen LogP contribution in [-0.2, 0) is 19.4 Å². The molecule has 2 atom stereocenters. The number of aliphatic carboxylic acids is 1. The molecule has 0 spiro atoms. The highest BCUT2D eigenvalue weighted by Crippen LogP contribution is 2.32. The molecule has 2 unspecified atom stereocenters. The van der Waals surface area contributed by atoms with Gasteiger partial charge in [0.25, 0.3) is 0 Å². The Bertz CT molecular complexity index is 499. The van der Waals surface area contributed by atoms with Crippen LogP contribution in [0.1, 0.15) is 34.1 Å². The van der Waals surface area contributed by atoms with Crippen LogP contribution in [0.4, 0.5) is 0 Å². The Morgan fingerprint density at radius 2 is 1.95 bits per heavy atom. The van der Waals surface area contributed by atoms with E-state index in [1.54, 1.807) is 27.7 Å². The van der Waals surface area contributed by atoms with Gasteiger partial charge in [0.15, 0.2) is 9.84 Å². The molecule has 0 bridgehead atoms. The fourth-order valence-corrected chi connectivity index (χ4v) is 3.87. The van der Waals surface area contributed by atoms with Gasteiger partial charge in [-0.15, -0.1) is 0 Å². The lowest BCUT2D eigenvalue weighted by molar-refractivity contribution is -0.156. The van der Waals surface area contributed by atoms with Crippen molar-refractivity contribution >= 4 is 21.7 Å². The van der Waals surface area contributed by atoms with Gasteiger partial charge in [0.05, 0.1) is 16.9 Å². The maximum atomic E-state index is 12.3. The molecule has 6 nitrogen and oxygen atoms in total. The number of nitrogens with zero attached hydrogens (tertiary/aromatic N) is 1. The van der Waals surface area contributed by atoms with Crippen LogP contribution in [-0.4, -0.2) is 54.4 Å². The topological polar surface area (TPSA) is 91.8 Å². The van der Waals surface area contributed by atoms with Crippen molar-refractivity contribution in [3.05, 3.63) is 0 Å². The van der Waals surface area contributed by atoms with E-state index in [1.807, 2.05) is 0 Å². The monoisotopic (exact) mass is 305 g/mol. The number of carbonyl (C=O) groups is 2. The zero-order valence-corrected chi connectivity index (χ0v) is 13.2. The molecule has 1 saturated heterocycles. The standard InChI is InChI=1S/C13H23NO5S/c1-9(2)13(4,12(16)17)7-11(15)14-5-6-20(18,19)8-10(14)3/h9-10H,5-8H2,1-4H3,(H,16,17). The number of sulfone groups is 1. The first-order valence-corrected chi connectivity index (χ1v) is 8.55. The maximum Gasteiger partial charge on any atom is 0.310 e. The molecule has 1 rings (SSSR count). The largest absolute Gasteiger partial charge is 0.481 e. The lowest BCUT2D eigenvalue weighted by atomic mass is 9.76. The van der Waals surface area contributed by atoms with Gasteiger partial charge in [-0.2, -0.15) is 0 Å². The SMILES string of the molecule is CC1CS(=O)(=O)CCN1C(=O)CC(C)(C(=O)O)C(C)C. The highest BCUT2D eigenvalue weighted by atomic mass is 32.2. The number of carboxylic acids is 1.